The van der Waals surface area contributed by atoms with Crippen LogP contribution in [0.4, 0.5) is 15.6 Å². The fourth-order valence-corrected chi connectivity index (χ4v) is 5.32. The summed E-state index contributed by atoms with van der Waals surface area (Å²) in [6.45, 7) is 10.9. The maximum absolute atomic E-state index is 12.8. The summed E-state index contributed by atoms with van der Waals surface area (Å²) in [5, 5.41) is 5.16. The minimum atomic E-state index is -1.35. The number of ether oxygens (including phenoxy) is 1. The van der Waals surface area contributed by atoms with Crippen molar-refractivity contribution in [3.05, 3.63) is 35.3 Å². The molecule has 29 heavy (non-hydrogen) atoms. The van der Waals surface area contributed by atoms with Crippen LogP contribution in [0, 0.1) is 0 Å². The van der Waals surface area contributed by atoms with Crippen LogP contribution in [0.2, 0.25) is 19.6 Å². The number of thiazole rings is 1. The van der Waals surface area contributed by atoms with Gasteiger partial charge < -0.3 is 19.9 Å². The maximum atomic E-state index is 12.8. The molecule has 1 fully saturated rings. The summed E-state index contributed by atoms with van der Waals surface area (Å²) in [6, 6.07) is 8.13. The van der Waals surface area contributed by atoms with E-state index in [-0.39, 0.29) is 18.0 Å². The van der Waals surface area contributed by atoms with E-state index in [4.69, 9.17) is 4.74 Å². The highest BCUT2D eigenvalue weighted by Gasteiger charge is 2.29. The highest BCUT2D eigenvalue weighted by molar-refractivity contribution is 7.17. The second-order valence-electron chi connectivity index (χ2n) is 8.24. The lowest BCUT2D eigenvalue weighted by Crippen LogP contribution is -2.55. The second-order valence-corrected chi connectivity index (χ2v) is 14.3. The number of nitrogens with one attached hydrogen (secondary N) is 1. The molecule has 0 bridgehead atoms. The number of hydrogen-bond acceptors (Lipinski definition) is 6. The van der Waals surface area contributed by atoms with Crippen molar-refractivity contribution in [1.29, 1.82) is 0 Å². The van der Waals surface area contributed by atoms with Crippen molar-refractivity contribution in [3.63, 3.8) is 0 Å². The van der Waals surface area contributed by atoms with Gasteiger partial charge in [-0.25, -0.2) is 14.6 Å². The number of anilines is 2. The first-order chi connectivity index (χ1) is 13.7. The number of carbonyl (C=O) groups excluding carboxylic acids is 2. The number of methoxy groups -OCH3 is 1. The van der Waals surface area contributed by atoms with E-state index in [9.17, 15) is 9.59 Å². The van der Waals surface area contributed by atoms with Crippen molar-refractivity contribution >= 4 is 47.4 Å². The van der Waals surface area contributed by atoms with Crippen molar-refractivity contribution in [2.75, 3.05) is 37.0 Å². The zero-order chi connectivity index (χ0) is 21.2. The smallest absolute Gasteiger partial charge is 0.349 e. The average molecular weight is 433 g/mol. The minimum absolute atomic E-state index is 0.0236. The average Bonchev–Trinajstić information content (AvgIpc) is 3.17. The molecule has 0 aliphatic carbocycles. The summed E-state index contributed by atoms with van der Waals surface area (Å²) in [6.07, 6.45) is 1.54. The van der Waals surface area contributed by atoms with Crippen molar-refractivity contribution in [3.8, 4) is 0 Å². The number of aromatic nitrogens is 1. The number of piperazine rings is 1. The predicted molar refractivity (Wildman–Crippen MR) is 120 cm³/mol. The molecule has 1 aliphatic rings. The van der Waals surface area contributed by atoms with E-state index >= 15 is 0 Å². The number of benzene rings is 1. The molecule has 1 aromatic heterocycles. The van der Waals surface area contributed by atoms with E-state index in [0.717, 1.165) is 10.8 Å². The molecule has 1 N–H and O–H groups in total. The lowest BCUT2D eigenvalue weighted by molar-refractivity contribution is 0.0606. The Bertz CT molecular complexity index is 879. The summed E-state index contributed by atoms with van der Waals surface area (Å²) in [5.41, 5.74) is 0.814. The summed E-state index contributed by atoms with van der Waals surface area (Å²) in [7, 11) is 0.0110. The quantitative estimate of drug-likeness (QED) is 0.593. The first kappa shape index (κ1) is 21.3. The summed E-state index contributed by atoms with van der Waals surface area (Å²) in [5.74, 6) is -0.375. The maximum Gasteiger partial charge on any atom is 0.349 e. The van der Waals surface area contributed by atoms with Gasteiger partial charge in [0.25, 0.3) is 0 Å². The monoisotopic (exact) mass is 432 g/mol. The number of carbonyl (C=O) groups is 2. The normalized spacial score (nSPS) is 17.2. The van der Waals surface area contributed by atoms with E-state index in [1.807, 2.05) is 24.0 Å². The second kappa shape index (κ2) is 8.54. The molecule has 2 aromatic rings. The molecule has 0 unspecified atom stereocenters. The predicted octanol–water partition coefficient (Wildman–Crippen LogP) is 3.22. The molecule has 2 amide bonds. The third-order valence-electron chi connectivity index (χ3n) is 5.04. The van der Waals surface area contributed by atoms with Crippen LogP contribution in [0.5, 0.6) is 0 Å². The molecule has 3 rings (SSSR count). The zero-order valence-electron chi connectivity index (χ0n) is 17.6. The van der Waals surface area contributed by atoms with E-state index < -0.39 is 8.07 Å². The number of nitrogens with zero attached hydrogens (tertiary/aromatic N) is 3. The third-order valence-corrected chi connectivity index (χ3v) is 8.14. The summed E-state index contributed by atoms with van der Waals surface area (Å²) >= 11 is 1.31. The topological polar surface area (TPSA) is 74.8 Å². The van der Waals surface area contributed by atoms with E-state index in [1.165, 1.54) is 23.6 Å². The molecule has 0 saturated carbocycles. The van der Waals surface area contributed by atoms with Gasteiger partial charge in [-0.15, -0.1) is 0 Å². The van der Waals surface area contributed by atoms with Gasteiger partial charge in [0.2, 0.25) is 0 Å². The molecule has 1 atom stereocenters. The van der Waals surface area contributed by atoms with Crippen LogP contribution in [0.15, 0.2) is 30.5 Å². The molecule has 0 radical (unpaired) electrons. The van der Waals surface area contributed by atoms with Crippen LogP contribution >= 0.6 is 11.3 Å². The largest absolute Gasteiger partial charge is 0.465 e. The number of hydrogen-bond donors (Lipinski definition) is 1. The van der Waals surface area contributed by atoms with Crippen molar-refractivity contribution in [2.24, 2.45) is 0 Å². The molecule has 1 aliphatic heterocycles. The highest BCUT2D eigenvalue weighted by Crippen LogP contribution is 2.25. The zero-order valence-corrected chi connectivity index (χ0v) is 19.4. The first-order valence-corrected chi connectivity index (χ1v) is 14.0. The molecule has 1 saturated heterocycles. The van der Waals surface area contributed by atoms with Crippen LogP contribution in [-0.2, 0) is 4.74 Å². The molecule has 0 spiro atoms. The van der Waals surface area contributed by atoms with Gasteiger partial charge in [-0.2, -0.15) is 0 Å². The van der Waals surface area contributed by atoms with Crippen LogP contribution in [0.3, 0.4) is 0 Å². The van der Waals surface area contributed by atoms with Gasteiger partial charge in [-0.1, -0.05) is 48.3 Å². The van der Waals surface area contributed by atoms with Crippen molar-refractivity contribution < 1.29 is 14.3 Å². The Morgan fingerprint density at radius 1 is 1.21 bits per heavy atom. The van der Waals surface area contributed by atoms with Gasteiger partial charge in [-0.05, 0) is 19.1 Å². The fraction of sp³-hybridized carbons (Fsp3) is 0.450. The van der Waals surface area contributed by atoms with Gasteiger partial charge in [0, 0.05) is 31.4 Å². The van der Waals surface area contributed by atoms with Gasteiger partial charge in [0.15, 0.2) is 5.13 Å². The summed E-state index contributed by atoms with van der Waals surface area (Å²) in [4.78, 5) is 33.2. The van der Waals surface area contributed by atoms with E-state index in [0.29, 0.717) is 24.5 Å². The van der Waals surface area contributed by atoms with Crippen LogP contribution in [0.25, 0.3) is 0 Å². The number of urea groups is 1. The summed E-state index contributed by atoms with van der Waals surface area (Å²) < 4.78 is 4.74. The standard InChI is InChI=1S/C20H28N4O3SSi/c1-14-13-23(20-21-12-17(28-20)18(25)27-2)10-11-24(14)19(26)22-15-6-8-16(9-7-15)29(3,4)5/h6-9,12,14H,10-11,13H2,1-5H3,(H,22,26)/t14-/m1/s1. The third kappa shape index (κ3) is 4.97. The molecule has 2 heterocycles. The Morgan fingerprint density at radius 2 is 1.90 bits per heavy atom. The fourth-order valence-electron chi connectivity index (χ4n) is 3.29. The van der Waals surface area contributed by atoms with Gasteiger partial charge in [0.05, 0.1) is 21.4 Å². The van der Waals surface area contributed by atoms with Gasteiger partial charge >= 0.3 is 12.0 Å². The Hall–Kier alpha value is -2.39. The van der Waals surface area contributed by atoms with Crippen LogP contribution in [0.1, 0.15) is 16.6 Å². The Morgan fingerprint density at radius 3 is 2.48 bits per heavy atom. The lowest BCUT2D eigenvalue weighted by atomic mass is 10.2. The molecule has 9 heteroatoms. The van der Waals surface area contributed by atoms with Crippen LogP contribution < -0.4 is 15.4 Å². The highest BCUT2D eigenvalue weighted by atomic mass is 32.1. The SMILES string of the molecule is COC(=O)c1cnc(N2CCN(C(=O)Nc3ccc([Si](C)(C)C)cc3)[C@H](C)C2)s1. The minimum Gasteiger partial charge on any atom is -0.465 e. The first-order valence-electron chi connectivity index (χ1n) is 9.66. The molecule has 1 aromatic carbocycles. The molecular formula is C20H28N4O3SSi. The van der Waals surface area contributed by atoms with Gasteiger partial charge in [-0.3, -0.25) is 0 Å². The van der Waals surface area contributed by atoms with Crippen molar-refractivity contribution in [2.45, 2.75) is 32.6 Å². The Labute approximate surface area is 176 Å². The van der Waals surface area contributed by atoms with E-state index in [1.54, 1.807) is 6.20 Å². The molecule has 7 nitrogen and oxygen atoms in total. The van der Waals surface area contributed by atoms with Crippen molar-refractivity contribution in [1.82, 2.24) is 9.88 Å². The van der Waals surface area contributed by atoms with Gasteiger partial charge in [0.1, 0.15) is 4.88 Å². The van der Waals surface area contributed by atoms with E-state index in [2.05, 4.69) is 47.0 Å². The Kier molecular flexibility index (Phi) is 6.28. The number of rotatable bonds is 4. The molecular weight excluding hydrogens is 404 g/mol. The number of amides is 2. The lowest BCUT2D eigenvalue weighted by Gasteiger charge is -2.39. The number of esters is 1. The van der Waals surface area contributed by atoms with Crippen LogP contribution in [-0.4, -0.2) is 62.7 Å². The Balaban J connectivity index is 1.60. The molecule has 156 valence electrons.